The van der Waals surface area contributed by atoms with E-state index in [2.05, 4.69) is 5.32 Å². The molecule has 0 radical (unpaired) electrons. The van der Waals surface area contributed by atoms with E-state index in [1.165, 1.54) is 24.3 Å². The lowest BCUT2D eigenvalue weighted by Gasteiger charge is -2.29. The predicted molar refractivity (Wildman–Crippen MR) is 124 cm³/mol. The zero-order valence-corrected chi connectivity index (χ0v) is 20.0. The van der Waals surface area contributed by atoms with Gasteiger partial charge in [-0.25, -0.2) is 12.8 Å². The molecule has 1 aliphatic carbocycles. The number of halogens is 1. The first kappa shape index (κ1) is 24.9. The van der Waals surface area contributed by atoms with Gasteiger partial charge in [0.25, 0.3) is 5.91 Å². The molecule has 8 heteroatoms. The van der Waals surface area contributed by atoms with Crippen LogP contribution < -0.4 is 5.32 Å². The molecule has 0 heterocycles. The third-order valence-corrected chi connectivity index (χ3v) is 6.84. The molecule has 0 spiro atoms. The third kappa shape index (κ3) is 6.87. The summed E-state index contributed by atoms with van der Waals surface area (Å²) in [5, 5.41) is 2.88. The number of hydrogen-bond acceptors (Lipinski definition) is 5. The molecule has 178 valence electrons. The number of benzene rings is 2. The van der Waals surface area contributed by atoms with Crippen LogP contribution in [-0.4, -0.2) is 38.7 Å². The summed E-state index contributed by atoms with van der Waals surface area (Å²) < 4.78 is 43.4. The van der Waals surface area contributed by atoms with Crippen molar-refractivity contribution in [3.63, 3.8) is 0 Å². The maximum Gasteiger partial charge on any atom is 0.306 e. The first-order chi connectivity index (χ1) is 15.5. The van der Waals surface area contributed by atoms with Gasteiger partial charge in [-0.15, -0.1) is 0 Å². The number of hydrogen-bond donors (Lipinski definition) is 1. The quantitative estimate of drug-likeness (QED) is 0.595. The summed E-state index contributed by atoms with van der Waals surface area (Å²) >= 11 is 0. The van der Waals surface area contributed by atoms with Crippen LogP contribution in [0.15, 0.2) is 47.4 Å². The molecule has 3 rings (SSSR count). The Labute approximate surface area is 194 Å². The van der Waals surface area contributed by atoms with E-state index >= 15 is 0 Å². The van der Waals surface area contributed by atoms with Gasteiger partial charge in [-0.05, 0) is 67.0 Å². The molecule has 0 saturated heterocycles. The van der Waals surface area contributed by atoms with Crippen molar-refractivity contribution in [3.8, 4) is 11.1 Å². The number of carbonyl (C=O) groups is 2. The number of nitrogens with one attached hydrogen (secondary N) is 1. The van der Waals surface area contributed by atoms with E-state index in [9.17, 15) is 22.4 Å². The topological polar surface area (TPSA) is 89.5 Å². The van der Waals surface area contributed by atoms with Crippen LogP contribution in [0.4, 0.5) is 4.39 Å². The Kier molecular flexibility index (Phi) is 7.89. The van der Waals surface area contributed by atoms with Crippen LogP contribution in [0.25, 0.3) is 11.1 Å². The minimum absolute atomic E-state index is 0.0445. The van der Waals surface area contributed by atoms with Gasteiger partial charge in [-0.3, -0.25) is 9.59 Å². The molecule has 1 aliphatic rings. The Morgan fingerprint density at radius 1 is 1.03 bits per heavy atom. The number of esters is 1. The summed E-state index contributed by atoms with van der Waals surface area (Å²) in [6, 6.07) is 10.4. The molecule has 0 aromatic heterocycles. The molecule has 0 bridgehead atoms. The summed E-state index contributed by atoms with van der Waals surface area (Å²) in [6.07, 6.45) is 4.05. The van der Waals surface area contributed by atoms with E-state index in [0.29, 0.717) is 43.2 Å². The normalized spacial score (nSPS) is 18.7. The van der Waals surface area contributed by atoms with Crippen LogP contribution in [0, 0.1) is 11.7 Å². The maximum absolute atomic E-state index is 14.7. The molecule has 1 N–H and O–H groups in total. The van der Waals surface area contributed by atoms with E-state index in [1.807, 2.05) is 13.8 Å². The molecule has 33 heavy (non-hydrogen) atoms. The van der Waals surface area contributed by atoms with Crippen LogP contribution in [0.1, 0.15) is 56.3 Å². The highest BCUT2D eigenvalue weighted by Crippen LogP contribution is 2.25. The highest BCUT2D eigenvalue weighted by Gasteiger charge is 2.26. The molecular weight excluding hydrogens is 445 g/mol. The smallest absolute Gasteiger partial charge is 0.306 e. The largest absolute Gasteiger partial charge is 0.462 e. The Balaban J connectivity index is 1.57. The van der Waals surface area contributed by atoms with Gasteiger partial charge in [0.15, 0.2) is 9.84 Å². The van der Waals surface area contributed by atoms with Gasteiger partial charge in [-0.1, -0.05) is 32.0 Å². The second-order valence-corrected chi connectivity index (χ2v) is 11.0. The fourth-order valence-corrected chi connectivity index (χ4v) is 4.56. The van der Waals surface area contributed by atoms with Crippen molar-refractivity contribution in [2.24, 2.45) is 5.92 Å². The van der Waals surface area contributed by atoms with Gasteiger partial charge in [0.05, 0.1) is 10.5 Å². The van der Waals surface area contributed by atoms with E-state index < -0.39 is 21.6 Å². The SMILES string of the molecule is CC(C)CC(=O)O[C@H]1CC[C@H](NC(=O)c2ccc(-c3ccc(S(C)(=O)=O)cc3)cc2F)CC1. The van der Waals surface area contributed by atoms with Gasteiger partial charge in [0.1, 0.15) is 11.9 Å². The van der Waals surface area contributed by atoms with Crippen LogP contribution >= 0.6 is 0 Å². The third-order valence-electron chi connectivity index (χ3n) is 5.71. The molecule has 0 aliphatic heterocycles. The van der Waals surface area contributed by atoms with Crippen LogP contribution in [0.5, 0.6) is 0 Å². The van der Waals surface area contributed by atoms with Crippen molar-refractivity contribution < 1.29 is 27.1 Å². The summed E-state index contributed by atoms with van der Waals surface area (Å²) in [4.78, 5) is 24.6. The zero-order valence-electron chi connectivity index (χ0n) is 19.1. The Bertz CT molecular complexity index is 1100. The standard InChI is InChI=1S/C25H30FNO5S/c1-16(2)14-24(28)32-20-9-7-19(8-10-20)27-25(29)22-13-6-18(15-23(22)26)17-4-11-21(12-5-17)33(3,30)31/h4-6,11-13,15-16,19-20H,7-10,14H2,1-3H3,(H,27,29)/t19-,20-. The molecule has 0 unspecified atom stereocenters. The lowest BCUT2D eigenvalue weighted by molar-refractivity contribution is -0.151. The lowest BCUT2D eigenvalue weighted by Crippen LogP contribution is -2.39. The monoisotopic (exact) mass is 475 g/mol. The van der Waals surface area contributed by atoms with Gasteiger partial charge in [-0.2, -0.15) is 0 Å². The second kappa shape index (κ2) is 10.5. The predicted octanol–water partition coefficient (Wildman–Crippen LogP) is 4.53. The lowest BCUT2D eigenvalue weighted by atomic mass is 9.92. The fourth-order valence-electron chi connectivity index (χ4n) is 3.93. The van der Waals surface area contributed by atoms with E-state index in [4.69, 9.17) is 4.74 Å². The maximum atomic E-state index is 14.7. The molecule has 2 aromatic carbocycles. The average Bonchev–Trinajstić information content (AvgIpc) is 2.74. The molecule has 0 atom stereocenters. The average molecular weight is 476 g/mol. The second-order valence-electron chi connectivity index (χ2n) is 9.03. The number of carbonyl (C=O) groups excluding carboxylic acids is 2. The highest BCUT2D eigenvalue weighted by molar-refractivity contribution is 7.90. The minimum Gasteiger partial charge on any atom is -0.462 e. The van der Waals surface area contributed by atoms with Crippen molar-refractivity contribution in [2.75, 3.05) is 6.26 Å². The van der Waals surface area contributed by atoms with Crippen molar-refractivity contribution >= 4 is 21.7 Å². The number of amides is 1. The highest BCUT2D eigenvalue weighted by atomic mass is 32.2. The first-order valence-electron chi connectivity index (χ1n) is 11.1. The van der Waals surface area contributed by atoms with Crippen LogP contribution in [-0.2, 0) is 19.4 Å². The van der Waals surface area contributed by atoms with Crippen molar-refractivity contribution in [3.05, 3.63) is 53.8 Å². The van der Waals surface area contributed by atoms with Gasteiger partial charge in [0, 0.05) is 18.7 Å². The zero-order chi connectivity index (χ0) is 24.2. The van der Waals surface area contributed by atoms with Crippen LogP contribution in [0.2, 0.25) is 0 Å². The van der Waals surface area contributed by atoms with E-state index in [1.54, 1.807) is 18.2 Å². The summed E-state index contributed by atoms with van der Waals surface area (Å²) in [5.41, 5.74) is 1.16. The summed E-state index contributed by atoms with van der Waals surface area (Å²) in [7, 11) is -3.31. The van der Waals surface area contributed by atoms with Crippen molar-refractivity contribution in [1.29, 1.82) is 0 Å². The Hall–Kier alpha value is -2.74. The number of rotatable bonds is 7. The van der Waals surface area contributed by atoms with E-state index in [-0.39, 0.29) is 34.5 Å². The van der Waals surface area contributed by atoms with Gasteiger partial charge < -0.3 is 10.1 Å². The fraction of sp³-hybridized carbons (Fsp3) is 0.440. The molecule has 2 aromatic rings. The number of ether oxygens (including phenoxy) is 1. The molecule has 1 amide bonds. The van der Waals surface area contributed by atoms with Crippen molar-refractivity contribution in [2.45, 2.75) is 63.0 Å². The molecule has 1 fully saturated rings. The Morgan fingerprint density at radius 3 is 2.18 bits per heavy atom. The van der Waals surface area contributed by atoms with Crippen molar-refractivity contribution in [1.82, 2.24) is 5.32 Å². The van der Waals surface area contributed by atoms with Gasteiger partial charge >= 0.3 is 5.97 Å². The molecule has 1 saturated carbocycles. The summed E-state index contributed by atoms with van der Waals surface area (Å²) in [5.74, 6) is -1.06. The first-order valence-corrected chi connectivity index (χ1v) is 13.0. The van der Waals surface area contributed by atoms with E-state index in [0.717, 1.165) is 6.26 Å². The minimum atomic E-state index is -3.31. The Morgan fingerprint density at radius 2 is 1.64 bits per heavy atom. The molecular formula is C25H30FNO5S. The summed E-state index contributed by atoms with van der Waals surface area (Å²) in [6.45, 7) is 3.93. The van der Waals surface area contributed by atoms with Crippen LogP contribution in [0.3, 0.4) is 0 Å². The molecule has 6 nitrogen and oxygen atoms in total. The number of sulfone groups is 1. The van der Waals surface area contributed by atoms with Gasteiger partial charge in [0.2, 0.25) is 0 Å².